The van der Waals surface area contributed by atoms with Crippen LogP contribution in [0.15, 0.2) is 34.8 Å². The molecule has 0 amide bonds. The minimum Gasteiger partial charge on any atom is -0.507 e. The van der Waals surface area contributed by atoms with Crippen molar-refractivity contribution in [2.45, 2.75) is 0 Å². The number of rotatable bonds is 0. The van der Waals surface area contributed by atoms with Crippen molar-refractivity contribution < 1.29 is 5.11 Å². The molecule has 0 saturated heterocycles. The minimum absolute atomic E-state index is 0.330. The maximum Gasteiger partial charge on any atom is 0.123 e. The average molecular weight is 349 g/mol. The Morgan fingerprint density at radius 2 is 1.85 bits per heavy atom. The lowest BCUT2D eigenvalue weighted by Gasteiger charge is -2.03. The largest absolute Gasteiger partial charge is 0.507 e. The second-order valence-corrected chi connectivity index (χ2v) is 4.83. The van der Waals surface area contributed by atoms with Crippen LogP contribution in [0.2, 0.25) is 0 Å². The third-order valence-electron chi connectivity index (χ3n) is 1.90. The van der Waals surface area contributed by atoms with Crippen LogP contribution in [-0.2, 0) is 0 Å². The van der Waals surface area contributed by atoms with Crippen molar-refractivity contribution in [2.24, 2.45) is 0 Å². The molecule has 0 saturated carbocycles. The van der Waals surface area contributed by atoms with Gasteiger partial charge in [0.05, 0.1) is 0 Å². The molecular formula is C10H6BrIO. The van der Waals surface area contributed by atoms with Gasteiger partial charge in [-0.3, -0.25) is 0 Å². The lowest BCUT2D eigenvalue weighted by atomic mass is 10.1. The van der Waals surface area contributed by atoms with Gasteiger partial charge in [-0.05, 0) is 52.2 Å². The second kappa shape index (κ2) is 3.46. The predicted molar refractivity (Wildman–Crippen MR) is 66.0 cm³/mol. The summed E-state index contributed by atoms with van der Waals surface area (Å²) in [6.07, 6.45) is 0. The van der Waals surface area contributed by atoms with Gasteiger partial charge in [-0.15, -0.1) is 0 Å². The first-order valence-corrected chi connectivity index (χ1v) is 5.62. The van der Waals surface area contributed by atoms with Crippen molar-refractivity contribution in [3.63, 3.8) is 0 Å². The van der Waals surface area contributed by atoms with E-state index in [0.29, 0.717) is 5.75 Å². The van der Waals surface area contributed by atoms with Crippen LogP contribution in [0.1, 0.15) is 0 Å². The lowest BCUT2D eigenvalue weighted by Crippen LogP contribution is -1.78. The van der Waals surface area contributed by atoms with Crippen molar-refractivity contribution in [1.82, 2.24) is 0 Å². The fourth-order valence-electron chi connectivity index (χ4n) is 1.27. The van der Waals surface area contributed by atoms with E-state index in [9.17, 15) is 5.11 Å². The van der Waals surface area contributed by atoms with Crippen molar-refractivity contribution in [3.8, 4) is 5.75 Å². The number of aromatic hydroxyl groups is 1. The molecule has 0 unspecified atom stereocenters. The Morgan fingerprint density at radius 1 is 1.08 bits per heavy atom. The number of hydrogen-bond donors (Lipinski definition) is 1. The van der Waals surface area contributed by atoms with Gasteiger partial charge < -0.3 is 5.11 Å². The number of benzene rings is 2. The molecule has 13 heavy (non-hydrogen) atoms. The maximum absolute atomic E-state index is 9.60. The topological polar surface area (TPSA) is 20.2 Å². The monoisotopic (exact) mass is 348 g/mol. The van der Waals surface area contributed by atoms with Gasteiger partial charge >= 0.3 is 0 Å². The molecule has 0 fully saturated rings. The summed E-state index contributed by atoms with van der Waals surface area (Å²) in [6, 6.07) is 9.53. The van der Waals surface area contributed by atoms with Crippen LogP contribution in [0.3, 0.4) is 0 Å². The van der Waals surface area contributed by atoms with Crippen molar-refractivity contribution in [2.75, 3.05) is 0 Å². The van der Waals surface area contributed by atoms with E-state index in [1.807, 2.05) is 24.3 Å². The third-order valence-corrected chi connectivity index (χ3v) is 3.34. The van der Waals surface area contributed by atoms with Gasteiger partial charge in [0.25, 0.3) is 0 Å². The van der Waals surface area contributed by atoms with Crippen LogP contribution in [0.25, 0.3) is 10.8 Å². The molecule has 1 nitrogen and oxygen atoms in total. The average Bonchev–Trinajstić information content (AvgIpc) is 2.12. The smallest absolute Gasteiger partial charge is 0.123 e. The Kier molecular flexibility index (Phi) is 2.47. The Hall–Kier alpha value is -0.290. The molecule has 3 heteroatoms. The molecule has 1 N–H and O–H groups in total. The summed E-state index contributed by atoms with van der Waals surface area (Å²) in [5, 5.41) is 11.6. The van der Waals surface area contributed by atoms with E-state index in [2.05, 4.69) is 38.5 Å². The van der Waals surface area contributed by atoms with Crippen molar-refractivity contribution in [1.29, 1.82) is 0 Å². The van der Waals surface area contributed by atoms with Gasteiger partial charge in [-0.2, -0.15) is 0 Å². The number of phenolic OH excluding ortho intramolecular Hbond substituents is 1. The van der Waals surface area contributed by atoms with E-state index in [1.165, 1.54) is 0 Å². The molecule has 2 rings (SSSR count). The summed E-state index contributed by atoms with van der Waals surface area (Å²) in [4.78, 5) is 0. The SMILES string of the molecule is Oc1ccc(I)c2ccc(Br)cc12. The highest BCUT2D eigenvalue weighted by molar-refractivity contribution is 14.1. The molecule has 0 heterocycles. The van der Waals surface area contributed by atoms with E-state index in [1.54, 1.807) is 6.07 Å². The maximum atomic E-state index is 9.60. The van der Waals surface area contributed by atoms with Gasteiger partial charge in [0.15, 0.2) is 0 Å². The zero-order chi connectivity index (χ0) is 9.42. The van der Waals surface area contributed by atoms with Crippen molar-refractivity contribution >= 4 is 49.3 Å². The van der Waals surface area contributed by atoms with Crippen LogP contribution >= 0.6 is 38.5 Å². The van der Waals surface area contributed by atoms with Crippen LogP contribution in [0, 0.1) is 3.57 Å². The quantitative estimate of drug-likeness (QED) is 0.715. The number of phenols is 1. The standard InChI is InChI=1S/C10H6BrIO/c11-6-1-2-7-8(5-6)10(13)4-3-9(7)12/h1-5,13H. The van der Waals surface area contributed by atoms with E-state index in [0.717, 1.165) is 18.8 Å². The fourth-order valence-corrected chi connectivity index (χ4v) is 2.28. The highest BCUT2D eigenvalue weighted by atomic mass is 127. The molecule has 0 aromatic heterocycles. The molecule has 2 aromatic carbocycles. The Labute approximate surface area is 98.0 Å². The van der Waals surface area contributed by atoms with Gasteiger partial charge in [0, 0.05) is 13.4 Å². The molecule has 2 aromatic rings. The first kappa shape index (κ1) is 9.27. The molecule has 0 radical (unpaired) electrons. The minimum atomic E-state index is 0.330. The Bertz CT molecular complexity index is 468. The predicted octanol–water partition coefficient (Wildman–Crippen LogP) is 3.91. The molecule has 0 aliphatic heterocycles. The van der Waals surface area contributed by atoms with Crippen LogP contribution < -0.4 is 0 Å². The number of hydrogen-bond acceptors (Lipinski definition) is 1. The van der Waals surface area contributed by atoms with Gasteiger partial charge in [0.1, 0.15) is 5.75 Å². The molecule has 66 valence electrons. The van der Waals surface area contributed by atoms with E-state index in [4.69, 9.17) is 0 Å². The first-order valence-electron chi connectivity index (χ1n) is 3.75. The molecule has 0 aliphatic rings. The summed E-state index contributed by atoms with van der Waals surface area (Å²) in [7, 11) is 0. The lowest BCUT2D eigenvalue weighted by molar-refractivity contribution is 0.481. The fraction of sp³-hybridized carbons (Fsp3) is 0. The zero-order valence-corrected chi connectivity index (χ0v) is 10.3. The highest BCUT2D eigenvalue weighted by Gasteiger charge is 2.02. The van der Waals surface area contributed by atoms with E-state index >= 15 is 0 Å². The van der Waals surface area contributed by atoms with Crippen LogP contribution in [0.4, 0.5) is 0 Å². The first-order chi connectivity index (χ1) is 6.18. The zero-order valence-electron chi connectivity index (χ0n) is 6.59. The Morgan fingerprint density at radius 3 is 2.62 bits per heavy atom. The van der Waals surface area contributed by atoms with Gasteiger partial charge in [-0.1, -0.05) is 22.0 Å². The van der Waals surface area contributed by atoms with E-state index in [-0.39, 0.29) is 0 Å². The van der Waals surface area contributed by atoms with Crippen LogP contribution in [-0.4, -0.2) is 5.11 Å². The molecule has 0 atom stereocenters. The molecule has 0 bridgehead atoms. The normalized spacial score (nSPS) is 10.6. The third kappa shape index (κ3) is 1.67. The number of fused-ring (bicyclic) bond motifs is 1. The molecule has 0 spiro atoms. The Balaban J connectivity index is 2.92. The van der Waals surface area contributed by atoms with Gasteiger partial charge in [0.2, 0.25) is 0 Å². The summed E-state index contributed by atoms with van der Waals surface area (Å²) in [6.45, 7) is 0. The van der Waals surface area contributed by atoms with Gasteiger partial charge in [-0.25, -0.2) is 0 Å². The second-order valence-electron chi connectivity index (χ2n) is 2.76. The number of halogens is 2. The summed E-state index contributed by atoms with van der Waals surface area (Å²) >= 11 is 5.64. The molecule has 0 aliphatic carbocycles. The highest BCUT2D eigenvalue weighted by Crippen LogP contribution is 2.30. The molecular weight excluding hydrogens is 343 g/mol. The summed E-state index contributed by atoms with van der Waals surface area (Å²) < 4.78 is 2.13. The summed E-state index contributed by atoms with van der Waals surface area (Å²) in [5.74, 6) is 0.330. The summed E-state index contributed by atoms with van der Waals surface area (Å²) in [5.41, 5.74) is 0. The van der Waals surface area contributed by atoms with E-state index < -0.39 is 0 Å². The van der Waals surface area contributed by atoms with Crippen molar-refractivity contribution in [3.05, 3.63) is 38.4 Å². The van der Waals surface area contributed by atoms with Crippen LogP contribution in [0.5, 0.6) is 5.75 Å².